The van der Waals surface area contributed by atoms with E-state index in [9.17, 15) is 8.42 Å². The zero-order valence-electron chi connectivity index (χ0n) is 16.1. The Morgan fingerprint density at radius 1 is 1.03 bits per heavy atom. The van der Waals surface area contributed by atoms with E-state index in [0.717, 1.165) is 11.4 Å². The zero-order valence-corrected chi connectivity index (χ0v) is 17.7. The molecule has 0 radical (unpaired) electrons. The molecule has 1 fully saturated rings. The van der Waals surface area contributed by atoms with E-state index in [1.807, 2.05) is 0 Å². The third kappa shape index (κ3) is 2.98. The summed E-state index contributed by atoms with van der Waals surface area (Å²) in [6, 6.07) is 17.1. The van der Waals surface area contributed by atoms with E-state index < -0.39 is 10.0 Å². The Morgan fingerprint density at radius 3 is 2.59 bits per heavy atom. The highest BCUT2D eigenvalue weighted by molar-refractivity contribution is 7.89. The number of aromatic nitrogens is 1. The Bertz CT molecular complexity index is 1190. The monoisotopic (exact) mass is 427 g/mol. The molecule has 0 amide bonds. The summed E-state index contributed by atoms with van der Waals surface area (Å²) in [7, 11) is -3.56. The first-order valence-electron chi connectivity index (χ1n) is 9.72. The second-order valence-electron chi connectivity index (χ2n) is 7.85. The summed E-state index contributed by atoms with van der Waals surface area (Å²) in [5.74, 6) is 0. The molecule has 0 bridgehead atoms. The Morgan fingerprint density at radius 2 is 1.83 bits per heavy atom. The van der Waals surface area contributed by atoms with Gasteiger partial charge in [-0.05, 0) is 67.8 Å². The van der Waals surface area contributed by atoms with Gasteiger partial charge in [0.05, 0.1) is 21.8 Å². The van der Waals surface area contributed by atoms with Gasteiger partial charge in [0.15, 0.2) is 0 Å². The predicted octanol–water partition coefficient (Wildman–Crippen LogP) is 4.54. The summed E-state index contributed by atoms with van der Waals surface area (Å²) in [4.78, 5) is 0.252. The number of halogens is 1. The molecule has 1 spiro atoms. The van der Waals surface area contributed by atoms with Gasteiger partial charge in [-0.3, -0.25) is 0 Å². The van der Waals surface area contributed by atoms with Crippen LogP contribution in [0.25, 0.3) is 5.69 Å². The standard InChI is InChI=1S/C22H22ClN3O2S/c1-16-7-8-20-19(14-16)24-22(21-6-3-11-26(20)21)9-12-25(13-10-22)29(27,28)18-5-2-4-17(23)15-18/h2-8,11,14-15,24H,9-10,12-13H2,1H3. The third-order valence-corrected chi connectivity index (χ3v) is 8.16. The van der Waals surface area contributed by atoms with Crippen LogP contribution >= 0.6 is 11.6 Å². The molecule has 2 aromatic carbocycles. The average molecular weight is 428 g/mol. The lowest BCUT2D eigenvalue weighted by molar-refractivity contribution is 0.247. The second kappa shape index (κ2) is 6.62. The number of hydrogen-bond acceptors (Lipinski definition) is 3. The van der Waals surface area contributed by atoms with Gasteiger partial charge in [-0.1, -0.05) is 23.7 Å². The lowest BCUT2D eigenvalue weighted by Gasteiger charge is -2.46. The predicted molar refractivity (Wildman–Crippen MR) is 115 cm³/mol. The second-order valence-corrected chi connectivity index (χ2v) is 10.2. The summed E-state index contributed by atoms with van der Waals surface area (Å²) < 4.78 is 30.0. The molecule has 150 valence electrons. The molecule has 3 aromatic rings. The molecule has 1 aromatic heterocycles. The first kappa shape index (κ1) is 18.7. The van der Waals surface area contributed by atoms with Crippen LogP contribution in [0, 0.1) is 6.92 Å². The van der Waals surface area contributed by atoms with Crippen molar-refractivity contribution < 1.29 is 8.42 Å². The summed E-state index contributed by atoms with van der Waals surface area (Å²) in [6.07, 6.45) is 3.48. The fraction of sp³-hybridized carbons (Fsp3) is 0.273. The molecule has 0 unspecified atom stereocenters. The lowest BCUT2D eigenvalue weighted by Crippen LogP contribution is -2.51. The fourth-order valence-electron chi connectivity index (χ4n) is 4.53. The molecule has 2 aliphatic heterocycles. The molecule has 0 saturated carbocycles. The van der Waals surface area contributed by atoms with Crippen LogP contribution in [-0.4, -0.2) is 30.4 Å². The van der Waals surface area contributed by atoms with Gasteiger partial charge in [0.2, 0.25) is 10.0 Å². The van der Waals surface area contributed by atoms with Crippen LogP contribution in [0.4, 0.5) is 5.69 Å². The van der Waals surface area contributed by atoms with Gasteiger partial charge in [0.1, 0.15) is 0 Å². The molecule has 1 saturated heterocycles. The molecule has 7 heteroatoms. The van der Waals surface area contributed by atoms with E-state index in [1.165, 1.54) is 17.3 Å². The number of rotatable bonds is 2. The van der Waals surface area contributed by atoms with Crippen molar-refractivity contribution in [1.82, 2.24) is 8.87 Å². The van der Waals surface area contributed by atoms with Gasteiger partial charge >= 0.3 is 0 Å². The third-order valence-electron chi connectivity index (χ3n) is 6.03. The van der Waals surface area contributed by atoms with Gasteiger partial charge in [-0.2, -0.15) is 4.31 Å². The molecule has 29 heavy (non-hydrogen) atoms. The fourth-order valence-corrected chi connectivity index (χ4v) is 6.27. The highest BCUT2D eigenvalue weighted by Gasteiger charge is 2.43. The smallest absolute Gasteiger partial charge is 0.243 e. The first-order valence-corrected chi connectivity index (χ1v) is 11.5. The summed E-state index contributed by atoms with van der Waals surface area (Å²) in [6.45, 7) is 2.99. The molecule has 2 aliphatic rings. The minimum absolute atomic E-state index is 0.252. The number of hydrogen-bond donors (Lipinski definition) is 1. The van der Waals surface area contributed by atoms with Gasteiger partial charge in [-0.25, -0.2) is 8.42 Å². The average Bonchev–Trinajstić information content (AvgIpc) is 3.19. The SMILES string of the molecule is Cc1ccc2c(c1)NC1(CCN(S(=O)(=O)c3cccc(Cl)c3)CC1)c1cccn1-2. The Hall–Kier alpha value is -2.28. The van der Waals surface area contributed by atoms with E-state index in [4.69, 9.17) is 11.6 Å². The summed E-state index contributed by atoms with van der Waals surface area (Å²) in [5, 5.41) is 4.18. The van der Waals surface area contributed by atoms with E-state index in [1.54, 1.807) is 22.5 Å². The Balaban J connectivity index is 1.46. The quantitative estimate of drug-likeness (QED) is 0.653. The van der Waals surface area contributed by atoms with Crippen molar-refractivity contribution in [2.24, 2.45) is 0 Å². The van der Waals surface area contributed by atoms with Gasteiger partial charge in [-0.15, -0.1) is 0 Å². The molecule has 1 N–H and O–H groups in total. The molecule has 0 atom stereocenters. The van der Waals surface area contributed by atoms with E-state index >= 15 is 0 Å². The van der Waals surface area contributed by atoms with Crippen LogP contribution in [0.15, 0.2) is 65.7 Å². The van der Waals surface area contributed by atoms with E-state index in [2.05, 4.69) is 53.3 Å². The number of sulfonamides is 1. The minimum atomic E-state index is -3.56. The molecule has 5 rings (SSSR count). The maximum atomic E-state index is 13.1. The highest BCUT2D eigenvalue weighted by atomic mass is 35.5. The van der Waals surface area contributed by atoms with Gasteiger partial charge in [0, 0.05) is 30.0 Å². The number of fused-ring (bicyclic) bond motifs is 4. The van der Waals surface area contributed by atoms with Crippen molar-refractivity contribution in [1.29, 1.82) is 0 Å². The number of nitrogens with one attached hydrogen (secondary N) is 1. The van der Waals surface area contributed by atoms with Crippen molar-refractivity contribution >= 4 is 27.3 Å². The first-order chi connectivity index (χ1) is 13.9. The van der Waals surface area contributed by atoms with Crippen LogP contribution in [0.2, 0.25) is 5.02 Å². The number of piperidine rings is 1. The molecule has 0 aliphatic carbocycles. The zero-order chi connectivity index (χ0) is 20.2. The van der Waals surface area contributed by atoms with Crippen molar-refractivity contribution in [3.8, 4) is 5.69 Å². The summed E-state index contributed by atoms with van der Waals surface area (Å²) >= 11 is 6.02. The molecular formula is C22H22ClN3O2S. The molecule has 3 heterocycles. The topological polar surface area (TPSA) is 54.3 Å². The molecular weight excluding hydrogens is 406 g/mol. The van der Waals surface area contributed by atoms with Crippen molar-refractivity contribution in [3.05, 3.63) is 77.1 Å². The minimum Gasteiger partial charge on any atom is -0.372 e. The van der Waals surface area contributed by atoms with Crippen LogP contribution in [0.1, 0.15) is 24.1 Å². The van der Waals surface area contributed by atoms with Gasteiger partial charge < -0.3 is 9.88 Å². The van der Waals surface area contributed by atoms with Gasteiger partial charge in [0.25, 0.3) is 0 Å². The number of nitrogens with zero attached hydrogens (tertiary/aromatic N) is 2. The largest absolute Gasteiger partial charge is 0.372 e. The van der Waals surface area contributed by atoms with Crippen molar-refractivity contribution in [2.45, 2.75) is 30.2 Å². The van der Waals surface area contributed by atoms with Crippen LogP contribution in [0.5, 0.6) is 0 Å². The van der Waals surface area contributed by atoms with Crippen LogP contribution in [0.3, 0.4) is 0 Å². The number of aryl methyl sites for hydroxylation is 1. The van der Waals surface area contributed by atoms with E-state index in [0.29, 0.717) is 31.0 Å². The van der Waals surface area contributed by atoms with Crippen molar-refractivity contribution in [2.75, 3.05) is 18.4 Å². The number of anilines is 1. The van der Waals surface area contributed by atoms with Crippen molar-refractivity contribution in [3.63, 3.8) is 0 Å². The summed E-state index contributed by atoms with van der Waals surface area (Å²) in [5.41, 5.74) is 4.34. The van der Waals surface area contributed by atoms with Crippen LogP contribution < -0.4 is 5.32 Å². The van der Waals surface area contributed by atoms with E-state index in [-0.39, 0.29) is 10.4 Å². The highest BCUT2D eigenvalue weighted by Crippen LogP contribution is 2.44. The Kier molecular flexibility index (Phi) is 4.28. The number of benzene rings is 2. The maximum Gasteiger partial charge on any atom is 0.243 e. The Labute approximate surface area is 176 Å². The maximum absolute atomic E-state index is 13.1. The molecule has 5 nitrogen and oxygen atoms in total. The lowest BCUT2D eigenvalue weighted by atomic mass is 9.83. The normalized spacial score (nSPS) is 18.1. The van der Waals surface area contributed by atoms with Crippen LogP contribution in [-0.2, 0) is 15.6 Å².